The fourth-order valence-corrected chi connectivity index (χ4v) is 3.08. The van der Waals surface area contributed by atoms with Crippen molar-refractivity contribution in [1.29, 1.82) is 0 Å². The molecular formula is C16H22F3NO. The molecule has 1 fully saturated rings. The summed E-state index contributed by atoms with van der Waals surface area (Å²) >= 11 is 0. The van der Waals surface area contributed by atoms with Gasteiger partial charge in [0, 0.05) is 17.6 Å². The molecule has 5 heteroatoms. The van der Waals surface area contributed by atoms with E-state index in [9.17, 15) is 18.3 Å². The molecular weight excluding hydrogens is 279 g/mol. The van der Waals surface area contributed by atoms with E-state index in [0.29, 0.717) is 12.8 Å². The number of rotatable bonds is 4. The Morgan fingerprint density at radius 3 is 2.33 bits per heavy atom. The molecule has 2 N–H and O–H groups in total. The third-order valence-electron chi connectivity index (χ3n) is 4.35. The van der Waals surface area contributed by atoms with Crippen LogP contribution in [0.4, 0.5) is 13.2 Å². The second-order valence-corrected chi connectivity index (χ2v) is 5.78. The highest BCUT2D eigenvalue weighted by atomic mass is 19.4. The minimum atomic E-state index is -4.06. The Hall–Kier alpha value is -1.23. The van der Waals surface area contributed by atoms with Crippen LogP contribution < -0.4 is 5.32 Å². The molecule has 0 aliphatic heterocycles. The summed E-state index contributed by atoms with van der Waals surface area (Å²) in [5.74, 6) is -0.915. The number of hydrogen-bond acceptors (Lipinski definition) is 2. The topological polar surface area (TPSA) is 32.3 Å². The second kappa shape index (κ2) is 6.69. The monoisotopic (exact) mass is 301 g/mol. The van der Waals surface area contributed by atoms with E-state index in [2.05, 4.69) is 5.32 Å². The molecule has 118 valence electrons. The Kier molecular flexibility index (Phi) is 5.14. The van der Waals surface area contributed by atoms with E-state index in [-0.39, 0.29) is 30.7 Å². The second-order valence-electron chi connectivity index (χ2n) is 5.78. The molecule has 0 aromatic heterocycles. The first-order chi connectivity index (χ1) is 9.91. The van der Waals surface area contributed by atoms with Crippen LogP contribution in [0.15, 0.2) is 24.3 Å². The van der Waals surface area contributed by atoms with Crippen molar-refractivity contribution in [1.82, 2.24) is 5.32 Å². The molecule has 1 unspecified atom stereocenters. The highest BCUT2D eigenvalue weighted by molar-refractivity contribution is 5.34. The number of phenols is 1. The van der Waals surface area contributed by atoms with Gasteiger partial charge in [-0.15, -0.1) is 0 Å². The van der Waals surface area contributed by atoms with Gasteiger partial charge in [0.05, 0.1) is 5.92 Å². The van der Waals surface area contributed by atoms with Gasteiger partial charge in [-0.2, -0.15) is 13.2 Å². The van der Waals surface area contributed by atoms with Gasteiger partial charge in [-0.1, -0.05) is 25.1 Å². The predicted molar refractivity (Wildman–Crippen MR) is 76.1 cm³/mol. The predicted octanol–water partition coefficient (Wildman–Crippen LogP) is 4.55. The van der Waals surface area contributed by atoms with E-state index < -0.39 is 12.1 Å². The Balaban J connectivity index is 1.94. The van der Waals surface area contributed by atoms with Crippen LogP contribution in [0.25, 0.3) is 0 Å². The molecule has 1 saturated carbocycles. The number of phenolic OH excluding ortho intramolecular Hbond substituents is 1. The summed E-state index contributed by atoms with van der Waals surface area (Å²) < 4.78 is 38.0. The van der Waals surface area contributed by atoms with E-state index >= 15 is 0 Å². The van der Waals surface area contributed by atoms with Crippen molar-refractivity contribution in [2.24, 2.45) is 5.92 Å². The van der Waals surface area contributed by atoms with Crippen molar-refractivity contribution in [3.05, 3.63) is 29.8 Å². The largest absolute Gasteiger partial charge is 0.508 e. The van der Waals surface area contributed by atoms with Gasteiger partial charge in [0.25, 0.3) is 0 Å². The first-order valence-corrected chi connectivity index (χ1v) is 7.52. The summed E-state index contributed by atoms with van der Waals surface area (Å²) in [5, 5.41) is 13.3. The highest BCUT2D eigenvalue weighted by Crippen LogP contribution is 2.38. The molecule has 21 heavy (non-hydrogen) atoms. The summed E-state index contributed by atoms with van der Waals surface area (Å²) in [6.45, 7) is 2.01. The molecule has 1 aromatic carbocycles. The van der Waals surface area contributed by atoms with E-state index in [4.69, 9.17) is 0 Å². The third-order valence-corrected chi connectivity index (χ3v) is 4.35. The van der Waals surface area contributed by atoms with Crippen molar-refractivity contribution in [2.45, 2.75) is 57.3 Å². The fourth-order valence-electron chi connectivity index (χ4n) is 3.08. The molecule has 2 rings (SSSR count). The molecule has 0 spiro atoms. The average molecular weight is 301 g/mol. The van der Waals surface area contributed by atoms with Gasteiger partial charge < -0.3 is 10.4 Å². The van der Waals surface area contributed by atoms with E-state index in [1.165, 1.54) is 0 Å². The summed E-state index contributed by atoms with van der Waals surface area (Å²) in [6, 6.07) is 7.20. The summed E-state index contributed by atoms with van der Waals surface area (Å²) in [7, 11) is 0. The Labute approximate surface area is 123 Å². The van der Waals surface area contributed by atoms with E-state index in [0.717, 1.165) is 12.0 Å². The van der Waals surface area contributed by atoms with Crippen LogP contribution in [0.5, 0.6) is 5.75 Å². The normalized spacial score (nSPS) is 24.8. The molecule has 1 aromatic rings. The number of nitrogens with one attached hydrogen (secondary N) is 1. The fraction of sp³-hybridized carbons (Fsp3) is 0.625. The van der Waals surface area contributed by atoms with Crippen LogP contribution in [0, 0.1) is 5.92 Å². The maximum absolute atomic E-state index is 12.7. The van der Waals surface area contributed by atoms with Gasteiger partial charge in [0.1, 0.15) is 5.75 Å². The number of benzene rings is 1. The first-order valence-electron chi connectivity index (χ1n) is 7.52. The average Bonchev–Trinajstić information content (AvgIpc) is 2.45. The number of alkyl halides is 3. The van der Waals surface area contributed by atoms with E-state index in [1.54, 1.807) is 12.1 Å². The number of halogens is 3. The zero-order chi connectivity index (χ0) is 15.5. The quantitative estimate of drug-likeness (QED) is 0.855. The number of para-hydroxylation sites is 1. The maximum Gasteiger partial charge on any atom is 0.391 e. The van der Waals surface area contributed by atoms with Gasteiger partial charge in [-0.05, 0) is 38.2 Å². The molecule has 2 nitrogen and oxygen atoms in total. The molecule has 0 bridgehead atoms. The van der Waals surface area contributed by atoms with Crippen LogP contribution in [0.3, 0.4) is 0 Å². The van der Waals surface area contributed by atoms with Crippen LogP contribution >= 0.6 is 0 Å². The lowest BCUT2D eigenvalue weighted by Gasteiger charge is -2.33. The van der Waals surface area contributed by atoms with Gasteiger partial charge in [0.15, 0.2) is 0 Å². The smallest absolute Gasteiger partial charge is 0.391 e. The standard InChI is InChI=1S/C16H22F3NO/c1-2-14(13-5-3-4-6-15(13)21)20-12-9-7-11(8-10-12)16(17,18)19/h3-6,11-12,14,20-21H,2,7-10H2,1H3. The lowest BCUT2D eigenvalue weighted by atomic mass is 9.85. The minimum absolute atomic E-state index is 0.0152. The minimum Gasteiger partial charge on any atom is -0.508 e. The van der Waals surface area contributed by atoms with Crippen molar-refractivity contribution >= 4 is 0 Å². The van der Waals surface area contributed by atoms with Crippen molar-refractivity contribution in [3.8, 4) is 5.75 Å². The molecule has 0 heterocycles. The zero-order valence-corrected chi connectivity index (χ0v) is 12.2. The Bertz CT molecular complexity index is 453. The maximum atomic E-state index is 12.7. The van der Waals surface area contributed by atoms with Gasteiger partial charge >= 0.3 is 6.18 Å². The molecule has 1 aliphatic rings. The van der Waals surface area contributed by atoms with Gasteiger partial charge in [-0.25, -0.2) is 0 Å². The Morgan fingerprint density at radius 1 is 1.19 bits per heavy atom. The lowest BCUT2D eigenvalue weighted by Crippen LogP contribution is -2.38. The van der Waals surface area contributed by atoms with Crippen LogP contribution in [0.1, 0.15) is 50.6 Å². The molecule has 0 saturated heterocycles. The van der Waals surface area contributed by atoms with Gasteiger partial charge in [0.2, 0.25) is 0 Å². The molecule has 0 amide bonds. The molecule has 0 radical (unpaired) electrons. The van der Waals surface area contributed by atoms with E-state index in [1.807, 2.05) is 19.1 Å². The third kappa shape index (κ3) is 4.13. The van der Waals surface area contributed by atoms with Crippen molar-refractivity contribution in [3.63, 3.8) is 0 Å². The highest BCUT2D eigenvalue weighted by Gasteiger charge is 2.41. The summed E-state index contributed by atoms with van der Waals surface area (Å²) in [5.41, 5.74) is 0.818. The number of aromatic hydroxyl groups is 1. The summed E-state index contributed by atoms with van der Waals surface area (Å²) in [4.78, 5) is 0. The van der Waals surface area contributed by atoms with Crippen LogP contribution in [-0.2, 0) is 0 Å². The van der Waals surface area contributed by atoms with Gasteiger partial charge in [-0.3, -0.25) is 0 Å². The Morgan fingerprint density at radius 2 is 1.81 bits per heavy atom. The lowest BCUT2D eigenvalue weighted by molar-refractivity contribution is -0.182. The summed E-state index contributed by atoms with van der Waals surface area (Å²) in [6.07, 6.45) is -1.82. The van der Waals surface area contributed by atoms with Crippen molar-refractivity contribution in [2.75, 3.05) is 0 Å². The SMILES string of the molecule is CCC(NC1CCC(C(F)(F)F)CC1)c1ccccc1O. The molecule has 1 aliphatic carbocycles. The first kappa shape index (κ1) is 16.1. The number of hydrogen-bond donors (Lipinski definition) is 2. The zero-order valence-electron chi connectivity index (χ0n) is 12.2. The molecule has 1 atom stereocenters. The van der Waals surface area contributed by atoms with Crippen LogP contribution in [-0.4, -0.2) is 17.3 Å². The van der Waals surface area contributed by atoms with Crippen LogP contribution in [0.2, 0.25) is 0 Å². The van der Waals surface area contributed by atoms with Crippen molar-refractivity contribution < 1.29 is 18.3 Å².